The largest absolute Gasteiger partial charge is 0.464 e. The van der Waals surface area contributed by atoms with Crippen molar-refractivity contribution < 1.29 is 14.3 Å². The fourth-order valence-corrected chi connectivity index (χ4v) is 1.42. The topological polar surface area (TPSA) is 35.5 Å². The van der Waals surface area contributed by atoms with E-state index in [1.54, 1.807) is 6.07 Å². The minimum atomic E-state index is -0.328. The van der Waals surface area contributed by atoms with Crippen molar-refractivity contribution in [2.45, 2.75) is 26.4 Å². The van der Waals surface area contributed by atoms with E-state index in [1.807, 2.05) is 25.1 Å². The highest BCUT2D eigenvalue weighted by molar-refractivity contribution is 6.31. The Morgan fingerprint density at radius 1 is 1.35 bits per heavy atom. The lowest BCUT2D eigenvalue weighted by molar-refractivity contribution is -0.149. The second-order valence-electron chi connectivity index (χ2n) is 3.66. The highest BCUT2D eigenvalue weighted by atomic mass is 35.5. The zero-order chi connectivity index (χ0) is 12.5. The molecule has 0 N–H and O–H groups in total. The number of esters is 1. The van der Waals surface area contributed by atoms with Crippen LogP contribution in [0.2, 0.25) is 5.02 Å². The Balaban J connectivity index is 2.19. The number of carbonyl (C=O) groups is 1. The van der Waals surface area contributed by atoms with Crippen molar-refractivity contribution in [1.82, 2.24) is 0 Å². The maximum atomic E-state index is 11.2. The van der Waals surface area contributed by atoms with Crippen LogP contribution in [-0.2, 0) is 20.9 Å². The van der Waals surface area contributed by atoms with Gasteiger partial charge in [-0.15, -0.1) is 0 Å². The molecule has 0 spiro atoms. The molecule has 17 heavy (non-hydrogen) atoms. The Kier molecular flexibility index (Phi) is 6.67. The molecule has 0 heterocycles. The van der Waals surface area contributed by atoms with Gasteiger partial charge in [0.2, 0.25) is 0 Å². The molecule has 0 aromatic heterocycles. The molecule has 0 unspecified atom stereocenters. The summed E-state index contributed by atoms with van der Waals surface area (Å²) in [7, 11) is 0. The van der Waals surface area contributed by atoms with Crippen LogP contribution in [0.5, 0.6) is 0 Å². The van der Waals surface area contributed by atoms with Crippen molar-refractivity contribution >= 4 is 17.6 Å². The van der Waals surface area contributed by atoms with Gasteiger partial charge in [-0.05, 0) is 18.1 Å². The maximum Gasteiger partial charge on any atom is 0.332 e. The van der Waals surface area contributed by atoms with E-state index in [-0.39, 0.29) is 12.6 Å². The van der Waals surface area contributed by atoms with E-state index in [0.717, 1.165) is 18.4 Å². The summed E-state index contributed by atoms with van der Waals surface area (Å²) in [6.45, 7) is 2.80. The molecule has 0 bridgehead atoms. The van der Waals surface area contributed by atoms with Crippen molar-refractivity contribution in [2.24, 2.45) is 0 Å². The molecule has 0 atom stereocenters. The Morgan fingerprint density at radius 3 is 2.82 bits per heavy atom. The number of ether oxygens (including phenoxy) is 2. The van der Waals surface area contributed by atoms with Crippen LogP contribution in [0.25, 0.3) is 0 Å². The van der Waals surface area contributed by atoms with E-state index in [2.05, 4.69) is 0 Å². The maximum absolute atomic E-state index is 11.2. The Morgan fingerprint density at radius 2 is 2.12 bits per heavy atom. The highest BCUT2D eigenvalue weighted by Crippen LogP contribution is 2.15. The molecular weight excluding hydrogens is 240 g/mol. The van der Waals surface area contributed by atoms with Crippen LogP contribution in [-0.4, -0.2) is 19.2 Å². The first-order chi connectivity index (χ1) is 8.24. The molecule has 1 aromatic carbocycles. The minimum absolute atomic E-state index is 0.0328. The van der Waals surface area contributed by atoms with Crippen LogP contribution in [0.4, 0.5) is 0 Å². The average molecular weight is 257 g/mol. The first-order valence-electron chi connectivity index (χ1n) is 5.70. The summed E-state index contributed by atoms with van der Waals surface area (Å²) in [6.07, 6.45) is 1.89. The molecule has 0 aliphatic rings. The summed E-state index contributed by atoms with van der Waals surface area (Å²) in [4.78, 5) is 11.2. The Labute approximate surface area is 107 Å². The monoisotopic (exact) mass is 256 g/mol. The van der Waals surface area contributed by atoms with E-state index in [0.29, 0.717) is 18.2 Å². The van der Waals surface area contributed by atoms with Crippen LogP contribution in [0.15, 0.2) is 24.3 Å². The van der Waals surface area contributed by atoms with Crippen LogP contribution in [0.1, 0.15) is 25.3 Å². The standard InChI is InChI=1S/C13H17ClO3/c1-2-3-8-17-13(15)10-16-9-11-6-4-5-7-12(11)14/h4-7H,2-3,8-10H2,1H3. The van der Waals surface area contributed by atoms with Crippen molar-refractivity contribution in [2.75, 3.05) is 13.2 Å². The molecule has 0 fully saturated rings. The van der Waals surface area contributed by atoms with Gasteiger partial charge in [0.05, 0.1) is 13.2 Å². The molecule has 3 nitrogen and oxygen atoms in total. The van der Waals surface area contributed by atoms with E-state index < -0.39 is 0 Å². The molecule has 1 rings (SSSR count). The summed E-state index contributed by atoms with van der Waals surface area (Å²) in [5.41, 5.74) is 0.871. The Bertz CT molecular complexity index is 352. The molecule has 4 heteroatoms. The quantitative estimate of drug-likeness (QED) is 0.555. The van der Waals surface area contributed by atoms with Gasteiger partial charge in [0.25, 0.3) is 0 Å². The van der Waals surface area contributed by atoms with Crippen molar-refractivity contribution in [3.63, 3.8) is 0 Å². The lowest BCUT2D eigenvalue weighted by atomic mass is 10.2. The molecular formula is C13H17ClO3. The third-order valence-corrected chi connectivity index (χ3v) is 2.56. The number of halogens is 1. The van der Waals surface area contributed by atoms with Crippen LogP contribution in [0, 0.1) is 0 Å². The van der Waals surface area contributed by atoms with Gasteiger partial charge in [0, 0.05) is 5.02 Å². The summed E-state index contributed by atoms with van der Waals surface area (Å²) < 4.78 is 10.2. The zero-order valence-corrected chi connectivity index (χ0v) is 10.7. The number of benzene rings is 1. The lowest BCUT2D eigenvalue weighted by Gasteiger charge is -2.06. The number of hydrogen-bond acceptors (Lipinski definition) is 3. The van der Waals surface area contributed by atoms with Gasteiger partial charge in [0.15, 0.2) is 0 Å². The van der Waals surface area contributed by atoms with Crippen LogP contribution < -0.4 is 0 Å². The molecule has 0 radical (unpaired) electrons. The fraction of sp³-hybridized carbons (Fsp3) is 0.462. The molecule has 1 aromatic rings. The lowest BCUT2D eigenvalue weighted by Crippen LogP contribution is -2.13. The molecule has 0 saturated carbocycles. The summed E-state index contributed by atoms with van der Waals surface area (Å²) in [5.74, 6) is -0.328. The van der Waals surface area contributed by atoms with Gasteiger partial charge in [-0.3, -0.25) is 0 Å². The van der Waals surface area contributed by atoms with Crippen LogP contribution in [0.3, 0.4) is 0 Å². The van der Waals surface area contributed by atoms with Crippen molar-refractivity contribution in [3.05, 3.63) is 34.9 Å². The van der Waals surface area contributed by atoms with Gasteiger partial charge in [-0.2, -0.15) is 0 Å². The van der Waals surface area contributed by atoms with Gasteiger partial charge in [-0.1, -0.05) is 43.1 Å². The first kappa shape index (κ1) is 14.0. The molecule has 0 aliphatic carbocycles. The van der Waals surface area contributed by atoms with Gasteiger partial charge >= 0.3 is 5.97 Å². The predicted molar refractivity (Wildman–Crippen MR) is 67.0 cm³/mol. The average Bonchev–Trinajstić information content (AvgIpc) is 2.32. The smallest absolute Gasteiger partial charge is 0.332 e. The normalized spacial score (nSPS) is 10.2. The third-order valence-electron chi connectivity index (χ3n) is 2.20. The van der Waals surface area contributed by atoms with Crippen molar-refractivity contribution in [1.29, 1.82) is 0 Å². The molecule has 0 aliphatic heterocycles. The van der Waals surface area contributed by atoms with Gasteiger partial charge in [-0.25, -0.2) is 4.79 Å². The summed E-state index contributed by atoms with van der Waals surface area (Å²) in [6, 6.07) is 7.39. The molecule has 0 amide bonds. The van der Waals surface area contributed by atoms with Gasteiger partial charge in [0.1, 0.15) is 6.61 Å². The van der Waals surface area contributed by atoms with Gasteiger partial charge < -0.3 is 9.47 Å². The van der Waals surface area contributed by atoms with E-state index in [9.17, 15) is 4.79 Å². The first-order valence-corrected chi connectivity index (χ1v) is 6.08. The fourth-order valence-electron chi connectivity index (χ4n) is 1.23. The summed E-state index contributed by atoms with van der Waals surface area (Å²) >= 11 is 5.95. The Hall–Kier alpha value is -1.06. The number of rotatable bonds is 7. The van der Waals surface area contributed by atoms with E-state index in [4.69, 9.17) is 21.1 Å². The van der Waals surface area contributed by atoms with E-state index >= 15 is 0 Å². The second kappa shape index (κ2) is 8.09. The molecule has 94 valence electrons. The minimum Gasteiger partial charge on any atom is -0.464 e. The SMILES string of the molecule is CCCCOC(=O)COCc1ccccc1Cl. The molecule has 0 saturated heterocycles. The van der Waals surface area contributed by atoms with Crippen LogP contribution >= 0.6 is 11.6 Å². The third kappa shape index (κ3) is 5.71. The predicted octanol–water partition coefficient (Wildman–Crippen LogP) is 3.20. The number of hydrogen-bond donors (Lipinski definition) is 0. The summed E-state index contributed by atoms with van der Waals surface area (Å²) in [5, 5.41) is 0.645. The van der Waals surface area contributed by atoms with E-state index in [1.165, 1.54) is 0 Å². The number of unbranched alkanes of at least 4 members (excludes halogenated alkanes) is 1. The number of carbonyl (C=O) groups excluding carboxylic acids is 1. The zero-order valence-electron chi connectivity index (χ0n) is 9.95. The van der Waals surface area contributed by atoms with Crippen molar-refractivity contribution in [3.8, 4) is 0 Å². The highest BCUT2D eigenvalue weighted by Gasteiger charge is 2.04. The second-order valence-corrected chi connectivity index (χ2v) is 4.07.